The molecule has 0 unspecified atom stereocenters. The molecule has 16 heavy (non-hydrogen) atoms. The number of rotatable bonds is 4. The zero-order valence-electron chi connectivity index (χ0n) is 8.64. The number of fused-ring (bicyclic) bond motifs is 1. The van der Waals surface area contributed by atoms with Crippen LogP contribution in [0, 0.1) is 0 Å². The largest absolute Gasteiger partial charge is 0.236 e. The molecule has 0 spiro atoms. The van der Waals surface area contributed by atoms with Gasteiger partial charge in [-0.05, 0) is 6.07 Å². The molecule has 0 aliphatic carbocycles. The summed E-state index contributed by atoms with van der Waals surface area (Å²) in [7, 11) is 0. The van der Waals surface area contributed by atoms with Crippen LogP contribution in [-0.4, -0.2) is 21.6 Å². The number of hydrogen-bond donors (Lipinski definition) is 0. The maximum Gasteiger partial charge on any atom is 0.117 e. The Labute approximate surface area is 104 Å². The number of benzene rings is 1. The quantitative estimate of drug-likeness (QED) is 0.359. The highest BCUT2D eigenvalue weighted by atomic mass is 35.5. The fourth-order valence-corrected chi connectivity index (χ4v) is 2.32. The van der Waals surface area contributed by atoms with Crippen molar-refractivity contribution in [2.45, 2.75) is 5.03 Å². The lowest BCUT2D eigenvalue weighted by molar-refractivity contribution is 1.10. The first-order valence-electron chi connectivity index (χ1n) is 4.95. The van der Waals surface area contributed by atoms with Crippen LogP contribution in [0.2, 0.25) is 0 Å². The van der Waals surface area contributed by atoms with E-state index >= 15 is 0 Å². The molecule has 2 nitrogen and oxygen atoms in total. The van der Waals surface area contributed by atoms with Crippen LogP contribution in [0.15, 0.2) is 47.8 Å². The Hall–Kier alpha value is -1.06. The van der Waals surface area contributed by atoms with E-state index in [9.17, 15) is 0 Å². The molecule has 0 saturated heterocycles. The highest BCUT2D eigenvalue weighted by molar-refractivity contribution is 7.99. The van der Waals surface area contributed by atoms with Gasteiger partial charge < -0.3 is 0 Å². The molecule has 0 radical (unpaired) electrons. The zero-order chi connectivity index (χ0) is 11.2. The van der Waals surface area contributed by atoms with Gasteiger partial charge in [-0.3, -0.25) is 0 Å². The van der Waals surface area contributed by atoms with Crippen LogP contribution in [0.1, 0.15) is 0 Å². The van der Waals surface area contributed by atoms with Crippen molar-refractivity contribution in [3.05, 3.63) is 42.7 Å². The van der Waals surface area contributed by atoms with Gasteiger partial charge in [0.2, 0.25) is 0 Å². The van der Waals surface area contributed by atoms with Crippen LogP contribution in [0.5, 0.6) is 0 Å². The van der Waals surface area contributed by atoms with E-state index in [0.717, 1.165) is 21.7 Å². The first-order chi connectivity index (χ1) is 7.92. The lowest BCUT2D eigenvalue weighted by Crippen LogP contribution is -1.86. The Bertz CT molecular complexity index is 494. The molecule has 1 heterocycles. The SMILES string of the molecule is ClCC=CCSc1ncnc2ccccc12. The van der Waals surface area contributed by atoms with Crippen molar-refractivity contribution in [3.8, 4) is 0 Å². The fourth-order valence-electron chi connectivity index (χ4n) is 1.35. The van der Waals surface area contributed by atoms with Crippen molar-refractivity contribution in [1.29, 1.82) is 0 Å². The van der Waals surface area contributed by atoms with Crippen molar-refractivity contribution < 1.29 is 0 Å². The Morgan fingerprint density at radius 3 is 2.94 bits per heavy atom. The van der Waals surface area contributed by atoms with Crippen LogP contribution in [0.25, 0.3) is 10.9 Å². The summed E-state index contributed by atoms with van der Waals surface area (Å²) in [6, 6.07) is 8.03. The van der Waals surface area contributed by atoms with Gasteiger partial charge in [-0.1, -0.05) is 30.4 Å². The standard InChI is InChI=1S/C12H11ClN2S/c13-7-3-4-8-16-12-10-5-1-2-6-11(10)14-9-15-12/h1-6,9H,7-8H2. The summed E-state index contributed by atoms with van der Waals surface area (Å²) < 4.78 is 0. The molecule has 4 heteroatoms. The molecule has 0 bridgehead atoms. The van der Waals surface area contributed by atoms with E-state index in [0.29, 0.717) is 5.88 Å². The van der Waals surface area contributed by atoms with E-state index in [2.05, 4.69) is 16.0 Å². The molecule has 0 fully saturated rings. The van der Waals surface area contributed by atoms with Crippen molar-refractivity contribution in [2.75, 3.05) is 11.6 Å². The lowest BCUT2D eigenvalue weighted by atomic mass is 10.2. The maximum atomic E-state index is 5.56. The van der Waals surface area contributed by atoms with Gasteiger partial charge in [0, 0.05) is 17.0 Å². The van der Waals surface area contributed by atoms with Crippen molar-refractivity contribution in [1.82, 2.24) is 9.97 Å². The average Bonchev–Trinajstić information content (AvgIpc) is 2.35. The van der Waals surface area contributed by atoms with E-state index in [4.69, 9.17) is 11.6 Å². The number of nitrogens with zero attached hydrogens (tertiary/aromatic N) is 2. The van der Waals surface area contributed by atoms with E-state index in [1.165, 1.54) is 0 Å². The van der Waals surface area contributed by atoms with Crippen LogP contribution in [0.3, 0.4) is 0 Å². The second-order valence-corrected chi connectivity index (χ2v) is 4.45. The number of aromatic nitrogens is 2. The van der Waals surface area contributed by atoms with E-state index in [-0.39, 0.29) is 0 Å². The highest BCUT2D eigenvalue weighted by Crippen LogP contribution is 2.23. The number of alkyl halides is 1. The molecular formula is C12H11ClN2S. The first-order valence-corrected chi connectivity index (χ1v) is 6.47. The Balaban J connectivity index is 2.20. The number of para-hydroxylation sites is 1. The third-order valence-electron chi connectivity index (χ3n) is 2.08. The van der Waals surface area contributed by atoms with E-state index in [1.807, 2.05) is 30.3 Å². The van der Waals surface area contributed by atoms with Gasteiger partial charge in [-0.25, -0.2) is 9.97 Å². The van der Waals surface area contributed by atoms with Gasteiger partial charge in [0.15, 0.2) is 0 Å². The minimum Gasteiger partial charge on any atom is -0.236 e. The monoisotopic (exact) mass is 250 g/mol. The molecule has 0 amide bonds. The van der Waals surface area contributed by atoms with Crippen LogP contribution < -0.4 is 0 Å². The summed E-state index contributed by atoms with van der Waals surface area (Å²) in [5.74, 6) is 1.44. The topological polar surface area (TPSA) is 25.8 Å². The molecule has 0 N–H and O–H groups in total. The second-order valence-electron chi connectivity index (χ2n) is 3.13. The third kappa shape index (κ3) is 2.74. The summed E-state index contributed by atoms with van der Waals surface area (Å²) in [5, 5.41) is 2.12. The van der Waals surface area contributed by atoms with Gasteiger partial charge in [-0.15, -0.1) is 23.4 Å². The van der Waals surface area contributed by atoms with Gasteiger partial charge in [0.25, 0.3) is 0 Å². The fraction of sp³-hybridized carbons (Fsp3) is 0.167. The number of thioether (sulfide) groups is 1. The Morgan fingerprint density at radius 1 is 1.19 bits per heavy atom. The van der Waals surface area contributed by atoms with Gasteiger partial charge in [-0.2, -0.15) is 0 Å². The molecule has 1 aromatic heterocycles. The maximum absolute atomic E-state index is 5.56. The van der Waals surface area contributed by atoms with Crippen molar-refractivity contribution in [3.63, 3.8) is 0 Å². The number of allylic oxidation sites excluding steroid dienone is 1. The minimum absolute atomic E-state index is 0.561. The molecular weight excluding hydrogens is 240 g/mol. The molecule has 1 aromatic carbocycles. The molecule has 0 aliphatic rings. The van der Waals surface area contributed by atoms with Crippen LogP contribution in [0.4, 0.5) is 0 Å². The van der Waals surface area contributed by atoms with Crippen LogP contribution in [-0.2, 0) is 0 Å². The van der Waals surface area contributed by atoms with Gasteiger partial charge in [0.1, 0.15) is 11.4 Å². The van der Waals surface area contributed by atoms with Gasteiger partial charge in [0.05, 0.1) is 5.52 Å². The van der Waals surface area contributed by atoms with Crippen LogP contribution >= 0.6 is 23.4 Å². The molecule has 2 aromatic rings. The summed E-state index contributed by atoms with van der Waals surface area (Å²) >= 11 is 7.25. The summed E-state index contributed by atoms with van der Waals surface area (Å²) in [6.07, 6.45) is 5.60. The number of halogens is 1. The minimum atomic E-state index is 0.561. The second kappa shape index (κ2) is 5.87. The molecule has 2 rings (SSSR count). The van der Waals surface area contributed by atoms with Gasteiger partial charge >= 0.3 is 0 Å². The normalized spacial score (nSPS) is 11.3. The summed E-state index contributed by atoms with van der Waals surface area (Å²) in [6.45, 7) is 0. The predicted octanol–water partition coefficient (Wildman–Crippen LogP) is 3.52. The van der Waals surface area contributed by atoms with Crippen molar-refractivity contribution >= 4 is 34.3 Å². The lowest BCUT2D eigenvalue weighted by Gasteiger charge is -2.02. The molecule has 0 saturated carbocycles. The predicted molar refractivity (Wildman–Crippen MR) is 70.1 cm³/mol. The Kier molecular flexibility index (Phi) is 4.19. The van der Waals surface area contributed by atoms with Crippen molar-refractivity contribution in [2.24, 2.45) is 0 Å². The van der Waals surface area contributed by atoms with E-state index < -0.39 is 0 Å². The number of hydrogen-bond acceptors (Lipinski definition) is 3. The average molecular weight is 251 g/mol. The first kappa shape index (κ1) is 11.4. The smallest absolute Gasteiger partial charge is 0.117 e. The highest BCUT2D eigenvalue weighted by Gasteiger charge is 2.01. The summed E-state index contributed by atoms with van der Waals surface area (Å²) in [5.41, 5.74) is 0.987. The molecule has 0 aliphatic heterocycles. The van der Waals surface area contributed by atoms with E-state index in [1.54, 1.807) is 18.1 Å². The molecule has 82 valence electrons. The summed E-state index contributed by atoms with van der Waals surface area (Å²) in [4.78, 5) is 8.51. The molecule has 0 atom stereocenters. The zero-order valence-corrected chi connectivity index (χ0v) is 10.2. The third-order valence-corrected chi connectivity index (χ3v) is 3.21. The Morgan fingerprint density at radius 2 is 2.06 bits per heavy atom.